The second-order valence-corrected chi connectivity index (χ2v) is 10.1. The number of ether oxygens (including phenoxy) is 1. The zero-order valence-corrected chi connectivity index (χ0v) is 20.1. The molecule has 0 unspecified atom stereocenters. The lowest BCUT2D eigenvalue weighted by molar-refractivity contribution is -0.113. The molecule has 1 fully saturated rings. The van der Waals surface area contributed by atoms with Crippen LogP contribution in [0.3, 0.4) is 0 Å². The number of methoxy groups -OCH3 is 1. The van der Waals surface area contributed by atoms with Crippen LogP contribution in [0.15, 0.2) is 41.4 Å². The van der Waals surface area contributed by atoms with Crippen molar-refractivity contribution in [2.75, 3.05) is 18.2 Å². The number of benzene rings is 1. The van der Waals surface area contributed by atoms with Gasteiger partial charge < -0.3 is 21.1 Å². The van der Waals surface area contributed by atoms with Gasteiger partial charge in [-0.15, -0.1) is 11.8 Å². The van der Waals surface area contributed by atoms with Gasteiger partial charge in [-0.3, -0.25) is 4.79 Å². The predicted octanol–water partition coefficient (Wildman–Crippen LogP) is 3.30. The number of aromatic nitrogens is 3. The van der Waals surface area contributed by atoms with E-state index in [9.17, 15) is 4.79 Å². The standard InChI is InChI=1S/C25H30N6O2S/c1-33-23-13-28-20-4-2-3-16(24(20)31-23)11-19(26)15-5-7-17(8-6-15)27-12-18-9-10-21-25(29-18)30-22(32)14-34-21/h2-4,9-10,13,15,17,19,27H,5-8,11-12,14,26H2,1H3,(H,29,30,32)/t15-,17-,19-/m0/s1. The number of nitrogens with two attached hydrogens (primary N) is 1. The number of amides is 1. The highest BCUT2D eigenvalue weighted by Gasteiger charge is 2.26. The Morgan fingerprint density at radius 3 is 2.88 bits per heavy atom. The van der Waals surface area contributed by atoms with Crippen molar-refractivity contribution in [3.8, 4) is 5.88 Å². The molecule has 5 rings (SSSR count). The van der Waals surface area contributed by atoms with E-state index >= 15 is 0 Å². The Bertz CT molecular complexity index is 1180. The van der Waals surface area contributed by atoms with E-state index in [4.69, 9.17) is 10.5 Å². The number of thioether (sulfide) groups is 1. The maximum atomic E-state index is 11.6. The quantitative estimate of drug-likeness (QED) is 0.474. The lowest BCUT2D eigenvalue weighted by Gasteiger charge is -2.33. The van der Waals surface area contributed by atoms with Crippen LogP contribution in [0.5, 0.6) is 5.88 Å². The van der Waals surface area contributed by atoms with Crippen molar-refractivity contribution in [2.24, 2.45) is 11.7 Å². The smallest absolute Gasteiger partial charge is 0.235 e. The number of anilines is 1. The molecular weight excluding hydrogens is 448 g/mol. The average molecular weight is 479 g/mol. The largest absolute Gasteiger partial charge is 0.480 e. The van der Waals surface area contributed by atoms with Gasteiger partial charge in [0.1, 0.15) is 5.82 Å². The van der Waals surface area contributed by atoms with Crippen LogP contribution in [-0.2, 0) is 17.8 Å². The van der Waals surface area contributed by atoms with Gasteiger partial charge >= 0.3 is 0 Å². The maximum Gasteiger partial charge on any atom is 0.235 e. The molecule has 1 aliphatic heterocycles. The van der Waals surface area contributed by atoms with Gasteiger partial charge in [0.15, 0.2) is 0 Å². The van der Waals surface area contributed by atoms with Gasteiger partial charge in [-0.25, -0.2) is 15.0 Å². The third kappa shape index (κ3) is 5.16. The van der Waals surface area contributed by atoms with Gasteiger partial charge in [-0.1, -0.05) is 12.1 Å². The van der Waals surface area contributed by atoms with Crippen molar-refractivity contribution in [3.63, 3.8) is 0 Å². The zero-order chi connectivity index (χ0) is 23.5. The maximum absolute atomic E-state index is 11.6. The summed E-state index contributed by atoms with van der Waals surface area (Å²) in [5, 5.41) is 6.51. The lowest BCUT2D eigenvalue weighted by atomic mass is 9.80. The molecule has 3 aromatic rings. The van der Waals surface area contributed by atoms with Crippen LogP contribution < -0.4 is 21.1 Å². The van der Waals surface area contributed by atoms with E-state index in [1.54, 1.807) is 13.3 Å². The van der Waals surface area contributed by atoms with Crippen LogP contribution in [0.25, 0.3) is 11.0 Å². The van der Waals surface area contributed by atoms with Gasteiger partial charge in [0.05, 0.1) is 40.7 Å². The Balaban J connectivity index is 1.14. The summed E-state index contributed by atoms with van der Waals surface area (Å²) < 4.78 is 5.26. The molecule has 0 spiro atoms. The fourth-order valence-corrected chi connectivity index (χ4v) is 5.62. The highest BCUT2D eigenvalue weighted by Crippen LogP contribution is 2.31. The summed E-state index contributed by atoms with van der Waals surface area (Å²) in [4.78, 5) is 26.3. The van der Waals surface area contributed by atoms with Crippen molar-refractivity contribution in [1.82, 2.24) is 20.3 Å². The van der Waals surface area contributed by atoms with Crippen molar-refractivity contribution >= 4 is 34.5 Å². The molecule has 1 aliphatic carbocycles. The minimum absolute atomic E-state index is 0.0134. The molecule has 34 heavy (non-hydrogen) atoms. The van der Waals surface area contributed by atoms with Crippen LogP contribution in [0.1, 0.15) is 36.9 Å². The van der Waals surface area contributed by atoms with E-state index in [0.29, 0.717) is 36.0 Å². The third-order valence-electron chi connectivity index (χ3n) is 6.78. The lowest BCUT2D eigenvalue weighted by Crippen LogP contribution is -2.39. The number of rotatable bonds is 7. The molecule has 0 saturated heterocycles. The number of para-hydroxylation sites is 1. The van der Waals surface area contributed by atoms with Gasteiger partial charge in [0.2, 0.25) is 11.8 Å². The fraction of sp³-hybridized carbons (Fsp3) is 0.440. The summed E-state index contributed by atoms with van der Waals surface area (Å²) in [5.41, 5.74) is 10.5. The summed E-state index contributed by atoms with van der Waals surface area (Å²) in [7, 11) is 1.61. The number of fused-ring (bicyclic) bond motifs is 2. The van der Waals surface area contributed by atoms with Crippen LogP contribution in [0, 0.1) is 5.92 Å². The molecule has 0 bridgehead atoms. The summed E-state index contributed by atoms with van der Waals surface area (Å²) >= 11 is 1.54. The Morgan fingerprint density at radius 1 is 1.21 bits per heavy atom. The number of nitrogens with one attached hydrogen (secondary N) is 2. The van der Waals surface area contributed by atoms with Crippen LogP contribution in [0.2, 0.25) is 0 Å². The Labute approximate surface area is 203 Å². The molecular formula is C25H30N6O2S. The van der Waals surface area contributed by atoms with Crippen LogP contribution >= 0.6 is 11.8 Å². The van der Waals surface area contributed by atoms with E-state index in [1.807, 2.05) is 24.3 Å². The predicted molar refractivity (Wildman–Crippen MR) is 134 cm³/mol. The molecule has 1 atom stereocenters. The van der Waals surface area contributed by atoms with Gasteiger partial charge in [0.25, 0.3) is 0 Å². The van der Waals surface area contributed by atoms with Crippen molar-refractivity contribution in [2.45, 2.75) is 55.6 Å². The number of nitrogens with zero attached hydrogens (tertiary/aromatic N) is 3. The molecule has 178 valence electrons. The van der Waals surface area contributed by atoms with Gasteiger partial charge in [-0.05, 0) is 61.8 Å². The summed E-state index contributed by atoms with van der Waals surface area (Å²) in [5.74, 6) is 2.17. The van der Waals surface area contributed by atoms with Crippen LogP contribution in [0.4, 0.5) is 5.82 Å². The molecule has 2 aliphatic rings. The molecule has 9 heteroatoms. The number of pyridine rings is 1. The summed E-state index contributed by atoms with van der Waals surface area (Å²) in [6.45, 7) is 0.700. The first-order chi connectivity index (χ1) is 16.6. The monoisotopic (exact) mass is 478 g/mol. The number of hydrogen-bond acceptors (Lipinski definition) is 8. The minimum atomic E-state index is 0.0134. The SMILES string of the molecule is COc1cnc2cccc(C[C@H](N)[C@H]3CC[C@H](NCc4ccc5c(n4)NC(=O)CS5)CC3)c2n1. The van der Waals surface area contributed by atoms with Crippen molar-refractivity contribution < 1.29 is 9.53 Å². The Hall–Kier alpha value is -2.75. The molecule has 1 amide bonds. The topological polar surface area (TPSA) is 115 Å². The number of carbonyl (C=O) groups excluding carboxylic acids is 1. The summed E-state index contributed by atoms with van der Waals surface area (Å²) in [6.07, 6.45) is 6.82. The third-order valence-corrected chi connectivity index (χ3v) is 7.83. The van der Waals surface area contributed by atoms with Crippen molar-refractivity contribution in [3.05, 3.63) is 47.8 Å². The zero-order valence-electron chi connectivity index (χ0n) is 19.3. The molecule has 3 heterocycles. The van der Waals surface area contributed by atoms with Crippen LogP contribution in [-0.4, -0.2) is 45.8 Å². The van der Waals surface area contributed by atoms with E-state index in [1.165, 1.54) is 11.8 Å². The van der Waals surface area contributed by atoms with Gasteiger partial charge in [-0.2, -0.15) is 0 Å². The normalized spacial score (nSPS) is 21.1. The molecule has 1 aromatic carbocycles. The summed E-state index contributed by atoms with van der Waals surface area (Å²) in [6, 6.07) is 10.7. The molecule has 2 aromatic heterocycles. The van der Waals surface area contributed by atoms with E-state index < -0.39 is 0 Å². The second kappa shape index (κ2) is 10.2. The Morgan fingerprint density at radius 2 is 2.06 bits per heavy atom. The van der Waals surface area contributed by atoms with Crippen molar-refractivity contribution in [1.29, 1.82) is 0 Å². The first kappa shape index (κ1) is 23.0. The second-order valence-electron chi connectivity index (χ2n) is 9.04. The first-order valence-corrected chi connectivity index (χ1v) is 12.8. The molecule has 1 saturated carbocycles. The van der Waals surface area contributed by atoms with E-state index in [0.717, 1.165) is 59.3 Å². The fourth-order valence-electron chi connectivity index (χ4n) is 4.86. The highest BCUT2D eigenvalue weighted by molar-refractivity contribution is 8.00. The first-order valence-electron chi connectivity index (χ1n) is 11.8. The highest BCUT2D eigenvalue weighted by atomic mass is 32.2. The minimum Gasteiger partial charge on any atom is -0.480 e. The Kier molecular flexibility index (Phi) is 6.94. The molecule has 0 radical (unpaired) electrons. The number of carbonyl (C=O) groups is 1. The van der Waals surface area contributed by atoms with E-state index in [2.05, 4.69) is 31.7 Å². The van der Waals surface area contributed by atoms with Gasteiger partial charge in [0, 0.05) is 18.6 Å². The molecule has 8 nitrogen and oxygen atoms in total. The molecule has 4 N–H and O–H groups in total. The average Bonchev–Trinajstić information content (AvgIpc) is 2.87. The number of hydrogen-bond donors (Lipinski definition) is 3. The van der Waals surface area contributed by atoms with E-state index in [-0.39, 0.29) is 11.9 Å².